The van der Waals surface area contributed by atoms with Crippen LogP contribution in [0.4, 0.5) is 16.6 Å². The minimum atomic E-state index is -1.06. The lowest BCUT2D eigenvalue weighted by atomic mass is 10.2. The van der Waals surface area contributed by atoms with Gasteiger partial charge in [-0.05, 0) is 6.07 Å². The molecule has 1 aliphatic rings. The van der Waals surface area contributed by atoms with E-state index in [1.807, 2.05) is 11.0 Å². The van der Waals surface area contributed by atoms with Gasteiger partial charge in [0.15, 0.2) is 0 Å². The van der Waals surface area contributed by atoms with Crippen LogP contribution >= 0.6 is 0 Å². The van der Waals surface area contributed by atoms with Gasteiger partial charge in [-0.3, -0.25) is 0 Å². The predicted molar refractivity (Wildman–Crippen MR) is 76.3 cm³/mol. The molecule has 0 saturated carbocycles. The first-order valence-corrected chi connectivity index (χ1v) is 6.57. The molecule has 0 aromatic carbocycles. The molecule has 0 radical (unpaired) electrons. The van der Waals surface area contributed by atoms with Crippen LogP contribution in [0.25, 0.3) is 11.0 Å². The Labute approximate surface area is 120 Å². The molecule has 1 aliphatic heterocycles. The predicted octanol–water partition coefficient (Wildman–Crippen LogP) is 0.0129. The number of nitrogens with zero attached hydrogens (tertiary/aromatic N) is 3. The minimum absolute atomic E-state index is 0.201. The minimum Gasteiger partial charge on any atom is -0.465 e. The van der Waals surface area contributed by atoms with Gasteiger partial charge in [-0.2, -0.15) is 9.97 Å². The number of carbonyl (C=O) groups is 1. The van der Waals surface area contributed by atoms with Crippen LogP contribution in [-0.2, 0) is 4.74 Å². The second-order valence-electron chi connectivity index (χ2n) is 4.77. The number of aromatic nitrogens is 3. The summed E-state index contributed by atoms with van der Waals surface area (Å²) in [5, 5.41) is 11.9. The van der Waals surface area contributed by atoms with Gasteiger partial charge in [0.1, 0.15) is 11.5 Å². The zero-order valence-corrected chi connectivity index (χ0v) is 11.2. The highest BCUT2D eigenvalue weighted by molar-refractivity contribution is 5.88. The van der Waals surface area contributed by atoms with Crippen LogP contribution in [0.15, 0.2) is 12.3 Å². The van der Waals surface area contributed by atoms with E-state index in [4.69, 9.17) is 15.6 Å². The van der Waals surface area contributed by atoms with E-state index < -0.39 is 6.09 Å². The molecular formula is C12H16N6O3. The molecule has 1 fully saturated rings. The number of rotatable bonds is 3. The lowest BCUT2D eigenvalue weighted by Gasteiger charge is -2.33. The first kappa shape index (κ1) is 13.4. The van der Waals surface area contributed by atoms with E-state index in [9.17, 15) is 4.79 Å². The van der Waals surface area contributed by atoms with E-state index in [0.717, 1.165) is 11.2 Å². The summed E-state index contributed by atoms with van der Waals surface area (Å²) in [6.45, 7) is 1.95. The second kappa shape index (κ2) is 5.44. The number of anilines is 2. The van der Waals surface area contributed by atoms with Gasteiger partial charge >= 0.3 is 6.09 Å². The van der Waals surface area contributed by atoms with Gasteiger partial charge in [-0.15, -0.1) is 0 Å². The molecule has 1 amide bonds. The summed E-state index contributed by atoms with van der Waals surface area (Å²) < 4.78 is 5.55. The fraction of sp³-hybridized carbons (Fsp3) is 0.417. The van der Waals surface area contributed by atoms with Gasteiger partial charge < -0.3 is 30.8 Å². The molecular weight excluding hydrogens is 276 g/mol. The van der Waals surface area contributed by atoms with Crippen molar-refractivity contribution in [3.05, 3.63) is 12.3 Å². The lowest BCUT2D eigenvalue weighted by molar-refractivity contribution is 0.0409. The summed E-state index contributed by atoms with van der Waals surface area (Å²) in [7, 11) is 0. The van der Waals surface area contributed by atoms with Crippen molar-refractivity contribution in [2.45, 2.75) is 6.10 Å². The van der Waals surface area contributed by atoms with E-state index in [1.165, 1.54) is 0 Å². The number of fused-ring (bicyclic) bond motifs is 1. The Kier molecular flexibility index (Phi) is 3.48. The number of ether oxygens (including phenoxy) is 1. The highest BCUT2D eigenvalue weighted by Crippen LogP contribution is 2.25. The monoisotopic (exact) mass is 292 g/mol. The Bertz CT molecular complexity index is 657. The molecule has 9 heteroatoms. The quantitative estimate of drug-likeness (QED) is 0.627. The van der Waals surface area contributed by atoms with E-state index >= 15 is 0 Å². The molecule has 112 valence electrons. The second-order valence-corrected chi connectivity index (χ2v) is 4.77. The molecule has 3 heterocycles. The number of hydrogen-bond acceptors (Lipinski definition) is 6. The molecule has 21 heavy (non-hydrogen) atoms. The van der Waals surface area contributed by atoms with Crippen LogP contribution in [-0.4, -0.2) is 58.5 Å². The Morgan fingerprint density at radius 2 is 2.48 bits per heavy atom. The molecule has 0 bridgehead atoms. The zero-order valence-electron chi connectivity index (χ0n) is 11.2. The summed E-state index contributed by atoms with van der Waals surface area (Å²) in [5.41, 5.74) is 6.42. The zero-order chi connectivity index (χ0) is 14.8. The highest BCUT2D eigenvalue weighted by Gasteiger charge is 2.24. The summed E-state index contributed by atoms with van der Waals surface area (Å²) in [5.74, 6) is 0.939. The molecule has 2 aromatic rings. The molecule has 1 atom stereocenters. The smallest absolute Gasteiger partial charge is 0.404 e. The average Bonchev–Trinajstić information content (AvgIpc) is 2.92. The summed E-state index contributed by atoms with van der Waals surface area (Å²) >= 11 is 0. The standard InChI is InChI=1S/C12H16N6O3/c13-11-16-9-8(1-2-14-9)10(17-11)18-3-4-21-7(6-18)5-15-12(19)20/h1-2,7,15H,3-6H2,(H,19,20)(H3,13,14,16,17). The Morgan fingerprint density at radius 3 is 3.29 bits per heavy atom. The van der Waals surface area contributed by atoms with Crippen LogP contribution in [0.1, 0.15) is 0 Å². The number of aromatic amines is 1. The number of carboxylic acid groups (broad SMARTS) is 1. The average molecular weight is 292 g/mol. The number of hydrogen-bond donors (Lipinski definition) is 4. The molecule has 9 nitrogen and oxygen atoms in total. The third-order valence-electron chi connectivity index (χ3n) is 3.33. The van der Waals surface area contributed by atoms with Crippen molar-refractivity contribution in [1.82, 2.24) is 20.3 Å². The lowest BCUT2D eigenvalue weighted by Crippen LogP contribution is -2.47. The van der Waals surface area contributed by atoms with E-state index in [0.29, 0.717) is 25.3 Å². The van der Waals surface area contributed by atoms with Crippen LogP contribution in [0.5, 0.6) is 0 Å². The maximum atomic E-state index is 10.6. The molecule has 1 unspecified atom stereocenters. The number of nitrogen functional groups attached to an aromatic ring is 1. The summed E-state index contributed by atoms with van der Waals surface area (Å²) in [4.78, 5) is 24.0. The first-order chi connectivity index (χ1) is 10.1. The topological polar surface area (TPSA) is 129 Å². The fourth-order valence-electron chi connectivity index (χ4n) is 2.42. The summed E-state index contributed by atoms with van der Waals surface area (Å²) in [6, 6.07) is 1.89. The van der Waals surface area contributed by atoms with Crippen molar-refractivity contribution >= 4 is 28.9 Å². The maximum absolute atomic E-state index is 10.6. The molecule has 5 N–H and O–H groups in total. The maximum Gasteiger partial charge on any atom is 0.404 e. The van der Waals surface area contributed by atoms with Crippen LogP contribution in [0.3, 0.4) is 0 Å². The van der Waals surface area contributed by atoms with Crippen LogP contribution < -0.4 is 16.0 Å². The Hall–Kier alpha value is -2.55. The van der Waals surface area contributed by atoms with Crippen LogP contribution in [0, 0.1) is 0 Å². The number of nitrogens with one attached hydrogen (secondary N) is 2. The molecule has 0 aliphatic carbocycles. The van der Waals surface area contributed by atoms with E-state index in [-0.39, 0.29) is 18.6 Å². The van der Waals surface area contributed by atoms with Gasteiger partial charge in [0, 0.05) is 25.8 Å². The third kappa shape index (κ3) is 2.82. The number of amides is 1. The largest absolute Gasteiger partial charge is 0.465 e. The van der Waals surface area contributed by atoms with Crippen molar-refractivity contribution in [2.24, 2.45) is 0 Å². The van der Waals surface area contributed by atoms with Crippen molar-refractivity contribution in [2.75, 3.05) is 36.9 Å². The van der Waals surface area contributed by atoms with Gasteiger partial charge in [-0.25, -0.2) is 4.79 Å². The van der Waals surface area contributed by atoms with E-state index in [1.54, 1.807) is 6.20 Å². The fourth-order valence-corrected chi connectivity index (χ4v) is 2.42. The molecule has 3 rings (SSSR count). The Morgan fingerprint density at radius 1 is 1.62 bits per heavy atom. The summed E-state index contributed by atoms with van der Waals surface area (Å²) in [6.07, 6.45) is 0.502. The molecule has 2 aromatic heterocycles. The first-order valence-electron chi connectivity index (χ1n) is 6.57. The SMILES string of the molecule is Nc1nc(N2CCOC(CNC(=O)O)C2)c2cc[nH]c2n1. The van der Waals surface area contributed by atoms with E-state index in [2.05, 4.69) is 20.3 Å². The van der Waals surface area contributed by atoms with Crippen molar-refractivity contribution in [3.8, 4) is 0 Å². The number of morpholine rings is 1. The van der Waals surface area contributed by atoms with Gasteiger partial charge in [0.2, 0.25) is 5.95 Å². The van der Waals surface area contributed by atoms with Crippen molar-refractivity contribution in [3.63, 3.8) is 0 Å². The van der Waals surface area contributed by atoms with Crippen molar-refractivity contribution < 1.29 is 14.6 Å². The number of nitrogens with two attached hydrogens (primary N) is 1. The van der Waals surface area contributed by atoms with Gasteiger partial charge in [0.05, 0.1) is 18.1 Å². The highest BCUT2D eigenvalue weighted by atomic mass is 16.5. The van der Waals surface area contributed by atoms with Gasteiger partial charge in [0.25, 0.3) is 0 Å². The third-order valence-corrected chi connectivity index (χ3v) is 3.33. The Balaban J connectivity index is 1.81. The van der Waals surface area contributed by atoms with Crippen molar-refractivity contribution in [1.29, 1.82) is 0 Å². The number of H-pyrrole nitrogens is 1. The molecule has 0 spiro atoms. The normalized spacial score (nSPS) is 18.9. The molecule has 1 saturated heterocycles. The van der Waals surface area contributed by atoms with Gasteiger partial charge in [-0.1, -0.05) is 0 Å². The van der Waals surface area contributed by atoms with Crippen LogP contribution in [0.2, 0.25) is 0 Å².